The minimum atomic E-state index is -1.35. The highest BCUT2D eigenvalue weighted by atomic mass is 35.6. The molecule has 5 heteroatoms. The molecule has 0 amide bonds. The molecule has 0 atom stereocenters. The zero-order valence-electron chi connectivity index (χ0n) is 11.9. The summed E-state index contributed by atoms with van der Waals surface area (Å²) in [6.45, 7) is 16.1. The van der Waals surface area contributed by atoms with E-state index >= 15 is 0 Å². The van der Waals surface area contributed by atoms with Crippen LogP contribution in [-0.4, -0.2) is 34.6 Å². The fraction of sp³-hybridized carbons (Fsp3) is 1.00. The molecular weight excluding hydrogens is 266 g/mol. The Morgan fingerprint density at radius 3 is 1.88 bits per heavy atom. The van der Waals surface area contributed by atoms with Crippen molar-refractivity contribution < 1.29 is 0 Å². The van der Waals surface area contributed by atoms with Crippen molar-refractivity contribution in [2.75, 3.05) is 6.54 Å². The second-order valence-electron chi connectivity index (χ2n) is 7.10. The smallest absolute Gasteiger partial charge is 0.150 e. The molecule has 0 aromatic rings. The highest BCUT2D eigenvalue weighted by Gasteiger charge is 2.46. The summed E-state index contributed by atoms with van der Waals surface area (Å²) in [4.78, 5) is 0. The van der Waals surface area contributed by atoms with E-state index in [1.54, 1.807) is 0 Å². The van der Waals surface area contributed by atoms with Crippen molar-refractivity contribution in [3.8, 4) is 0 Å². The maximum Gasteiger partial charge on any atom is 0.150 e. The first-order valence-corrected chi connectivity index (χ1v) is 17.0. The Hall–Kier alpha value is 0.901. The largest absolute Gasteiger partial charge is 0.345 e. The predicted octanol–water partition coefficient (Wildman–Crippen LogP) is 4.55. The summed E-state index contributed by atoms with van der Waals surface area (Å²) in [6.07, 6.45) is 1.33. The van der Waals surface area contributed by atoms with E-state index in [4.69, 9.17) is 11.1 Å². The molecule has 0 aromatic heterocycles. The van der Waals surface area contributed by atoms with E-state index in [1.807, 2.05) is 0 Å². The molecule has 0 spiro atoms. The number of hydrogen-bond acceptors (Lipinski definition) is 1. The van der Waals surface area contributed by atoms with Gasteiger partial charge in [-0.2, -0.15) is 11.1 Å². The quantitative estimate of drug-likeness (QED) is 0.543. The van der Waals surface area contributed by atoms with Crippen LogP contribution in [0.1, 0.15) is 6.42 Å². The lowest BCUT2D eigenvalue weighted by Crippen LogP contribution is -2.55. The summed E-state index contributed by atoms with van der Waals surface area (Å²) in [7, 11) is -3.41. The van der Waals surface area contributed by atoms with Crippen molar-refractivity contribution in [2.45, 2.75) is 63.8 Å². The Kier molecular flexibility index (Phi) is 4.56. The van der Waals surface area contributed by atoms with Crippen LogP contribution in [0.15, 0.2) is 0 Å². The van der Waals surface area contributed by atoms with E-state index in [2.05, 4.69) is 43.5 Å². The topological polar surface area (TPSA) is 3.24 Å². The van der Waals surface area contributed by atoms with Crippen molar-refractivity contribution >= 4 is 34.9 Å². The first-order chi connectivity index (χ1) is 7.05. The van der Waals surface area contributed by atoms with Crippen LogP contribution >= 0.6 is 11.1 Å². The fourth-order valence-electron chi connectivity index (χ4n) is 2.96. The van der Waals surface area contributed by atoms with Crippen LogP contribution in [0.4, 0.5) is 0 Å². The van der Waals surface area contributed by atoms with Gasteiger partial charge in [0.25, 0.3) is 0 Å². The maximum absolute atomic E-state index is 6.40. The molecular formula is C11H28ClNSi3. The summed E-state index contributed by atoms with van der Waals surface area (Å²) in [5.74, 6) is 0. The fourth-order valence-corrected chi connectivity index (χ4v) is 18.6. The number of rotatable bonds is 4. The summed E-state index contributed by atoms with van der Waals surface area (Å²) in [5, 5.41) is 0. The summed E-state index contributed by atoms with van der Waals surface area (Å²) >= 11 is 6.40. The molecule has 0 unspecified atom stereocenters. The van der Waals surface area contributed by atoms with E-state index < -0.39 is 23.9 Å². The SMILES string of the molecule is C[Si](C)(Cl)CCCN1[Si](C)(C)CC[Si]1(C)C. The van der Waals surface area contributed by atoms with Gasteiger partial charge in [-0.3, -0.25) is 0 Å². The van der Waals surface area contributed by atoms with Gasteiger partial charge in [0.05, 0.1) is 0 Å². The van der Waals surface area contributed by atoms with Crippen LogP contribution in [0.2, 0.25) is 57.4 Å². The van der Waals surface area contributed by atoms with E-state index in [0.29, 0.717) is 0 Å². The molecule has 1 aliphatic rings. The summed E-state index contributed by atoms with van der Waals surface area (Å²) in [5.41, 5.74) is 0. The molecule has 1 saturated heterocycles. The van der Waals surface area contributed by atoms with Gasteiger partial charge in [-0.25, -0.2) is 0 Å². The van der Waals surface area contributed by atoms with Gasteiger partial charge in [0.15, 0.2) is 7.38 Å². The maximum atomic E-state index is 6.40. The van der Waals surface area contributed by atoms with Crippen molar-refractivity contribution in [3.63, 3.8) is 0 Å². The standard InChI is InChI=1S/C11H28ClNSi3/c1-14(2,12)9-7-8-13-15(3,4)10-11-16(13,5)6/h7-11H2,1-6H3. The first kappa shape index (κ1) is 15.0. The van der Waals surface area contributed by atoms with Crippen molar-refractivity contribution in [1.29, 1.82) is 0 Å². The third-order valence-corrected chi connectivity index (χ3v) is 16.5. The average molecular weight is 294 g/mol. The lowest BCUT2D eigenvalue weighted by molar-refractivity contribution is 0.610. The van der Waals surface area contributed by atoms with Gasteiger partial charge in [-0.15, -0.1) is 0 Å². The van der Waals surface area contributed by atoms with E-state index in [9.17, 15) is 0 Å². The number of halogens is 1. The van der Waals surface area contributed by atoms with Crippen LogP contribution in [0.5, 0.6) is 0 Å². The van der Waals surface area contributed by atoms with E-state index in [-0.39, 0.29) is 0 Å². The molecule has 0 aliphatic carbocycles. The Morgan fingerprint density at radius 1 is 1.06 bits per heavy atom. The monoisotopic (exact) mass is 293 g/mol. The van der Waals surface area contributed by atoms with Crippen molar-refractivity contribution in [3.05, 3.63) is 0 Å². The molecule has 96 valence electrons. The van der Waals surface area contributed by atoms with Gasteiger partial charge in [0, 0.05) is 0 Å². The van der Waals surface area contributed by atoms with Gasteiger partial charge < -0.3 is 4.23 Å². The zero-order chi connectivity index (χ0) is 12.6. The van der Waals surface area contributed by atoms with Crippen molar-refractivity contribution in [1.82, 2.24) is 4.23 Å². The molecule has 1 fully saturated rings. The molecule has 16 heavy (non-hydrogen) atoms. The van der Waals surface area contributed by atoms with Crippen molar-refractivity contribution in [2.24, 2.45) is 0 Å². The van der Waals surface area contributed by atoms with Gasteiger partial charge >= 0.3 is 0 Å². The molecule has 0 bridgehead atoms. The number of hydrogen-bond donors (Lipinski definition) is 0. The lowest BCUT2D eigenvalue weighted by Gasteiger charge is -2.39. The van der Waals surface area contributed by atoms with E-state index in [0.717, 1.165) is 0 Å². The molecule has 1 nitrogen and oxygen atoms in total. The second-order valence-corrected chi connectivity index (χ2v) is 23.9. The second kappa shape index (κ2) is 4.88. The van der Waals surface area contributed by atoms with Crippen LogP contribution in [0.25, 0.3) is 0 Å². The normalized spacial score (nSPS) is 24.9. The molecule has 0 N–H and O–H groups in total. The van der Waals surface area contributed by atoms with Crippen LogP contribution in [0.3, 0.4) is 0 Å². The highest BCUT2D eigenvalue weighted by molar-refractivity contribution is 7.19. The minimum Gasteiger partial charge on any atom is -0.345 e. The molecule has 0 aromatic carbocycles. The van der Waals surface area contributed by atoms with E-state index in [1.165, 1.54) is 31.1 Å². The third-order valence-electron chi connectivity index (χ3n) is 3.96. The summed E-state index contributed by atoms with van der Waals surface area (Å²) < 4.78 is 2.97. The van der Waals surface area contributed by atoms with Gasteiger partial charge in [-0.05, 0) is 31.1 Å². The first-order valence-electron chi connectivity index (χ1n) is 6.51. The Bertz CT molecular complexity index is 232. The summed E-state index contributed by atoms with van der Waals surface area (Å²) in [6, 6.07) is 4.32. The average Bonchev–Trinajstić information content (AvgIpc) is 2.25. The molecule has 0 radical (unpaired) electrons. The molecule has 0 saturated carbocycles. The Morgan fingerprint density at radius 2 is 1.50 bits per heavy atom. The Labute approximate surface area is 109 Å². The van der Waals surface area contributed by atoms with Gasteiger partial charge in [0.1, 0.15) is 16.5 Å². The minimum absolute atomic E-state index is 1.03. The third kappa shape index (κ3) is 3.98. The van der Waals surface area contributed by atoms with Crippen LogP contribution in [-0.2, 0) is 0 Å². The number of nitrogens with zero attached hydrogens (tertiary/aromatic N) is 1. The molecule has 1 aliphatic heterocycles. The highest BCUT2D eigenvalue weighted by Crippen LogP contribution is 2.37. The van der Waals surface area contributed by atoms with Gasteiger partial charge in [-0.1, -0.05) is 39.3 Å². The predicted molar refractivity (Wildman–Crippen MR) is 84.0 cm³/mol. The van der Waals surface area contributed by atoms with Crippen LogP contribution in [0, 0.1) is 0 Å². The van der Waals surface area contributed by atoms with Crippen LogP contribution < -0.4 is 0 Å². The lowest BCUT2D eigenvalue weighted by atomic mass is 10.5. The Balaban J connectivity index is 2.52. The molecule has 1 rings (SSSR count). The van der Waals surface area contributed by atoms with Gasteiger partial charge in [0.2, 0.25) is 0 Å². The molecule has 1 heterocycles. The zero-order valence-corrected chi connectivity index (χ0v) is 15.6.